The minimum Gasteiger partial charge on any atom is -0.359 e. The summed E-state index contributed by atoms with van der Waals surface area (Å²) in [5, 5.41) is 2.66. The zero-order valence-corrected chi connectivity index (χ0v) is 6.26. The van der Waals surface area contributed by atoms with Crippen LogP contribution in [0.1, 0.15) is 19.3 Å². The monoisotopic (exact) mass is 139 g/mol. The van der Waals surface area contributed by atoms with Gasteiger partial charge in [0.05, 0.1) is 0 Å². The zero-order chi connectivity index (χ0) is 7.40. The molecule has 0 spiro atoms. The van der Waals surface area contributed by atoms with Crippen molar-refractivity contribution in [1.29, 1.82) is 0 Å². The maximum atomic E-state index is 11.0. The first-order valence-electron chi connectivity index (χ1n) is 3.71. The summed E-state index contributed by atoms with van der Waals surface area (Å²) in [6.07, 6.45) is 7.21. The number of rotatable bonds is 1. The molecule has 10 heavy (non-hydrogen) atoms. The van der Waals surface area contributed by atoms with Crippen molar-refractivity contribution in [2.45, 2.75) is 19.3 Å². The van der Waals surface area contributed by atoms with Gasteiger partial charge >= 0.3 is 0 Å². The van der Waals surface area contributed by atoms with Crippen molar-refractivity contribution in [3.63, 3.8) is 0 Å². The van der Waals surface area contributed by atoms with Crippen LogP contribution in [0, 0.1) is 5.92 Å². The van der Waals surface area contributed by atoms with Crippen molar-refractivity contribution in [2.24, 2.45) is 5.92 Å². The van der Waals surface area contributed by atoms with Gasteiger partial charge in [0.2, 0.25) is 5.91 Å². The Morgan fingerprint density at radius 1 is 1.60 bits per heavy atom. The molecule has 1 amide bonds. The van der Waals surface area contributed by atoms with Crippen LogP contribution in [0.15, 0.2) is 12.2 Å². The summed E-state index contributed by atoms with van der Waals surface area (Å²) in [5.41, 5.74) is 0. The molecule has 0 saturated heterocycles. The predicted octanol–water partition coefficient (Wildman–Crippen LogP) is 1.09. The number of amides is 1. The third-order valence-electron chi connectivity index (χ3n) is 1.89. The Morgan fingerprint density at radius 2 is 2.40 bits per heavy atom. The van der Waals surface area contributed by atoms with Crippen molar-refractivity contribution in [1.82, 2.24) is 5.32 Å². The van der Waals surface area contributed by atoms with Crippen LogP contribution in [0.2, 0.25) is 0 Å². The maximum Gasteiger partial charge on any atom is 0.223 e. The van der Waals surface area contributed by atoms with Crippen LogP contribution in [-0.2, 0) is 4.79 Å². The molecule has 1 aliphatic carbocycles. The van der Waals surface area contributed by atoms with Gasteiger partial charge in [-0.1, -0.05) is 12.2 Å². The summed E-state index contributed by atoms with van der Waals surface area (Å²) in [6, 6.07) is 0. The second-order valence-electron chi connectivity index (χ2n) is 2.60. The van der Waals surface area contributed by atoms with E-state index < -0.39 is 0 Å². The fraction of sp³-hybridized carbons (Fsp3) is 0.625. The Kier molecular flexibility index (Phi) is 2.49. The molecular formula is C8H13NO. The normalized spacial score (nSPS) is 24.3. The molecule has 0 aromatic rings. The van der Waals surface area contributed by atoms with E-state index in [0.29, 0.717) is 0 Å². The van der Waals surface area contributed by atoms with E-state index >= 15 is 0 Å². The number of allylic oxidation sites excluding steroid dienone is 2. The van der Waals surface area contributed by atoms with E-state index in [2.05, 4.69) is 17.5 Å². The first-order chi connectivity index (χ1) is 4.84. The van der Waals surface area contributed by atoms with Gasteiger partial charge in [-0.05, 0) is 19.3 Å². The lowest BCUT2D eigenvalue weighted by atomic mass is 9.94. The van der Waals surface area contributed by atoms with Crippen LogP contribution >= 0.6 is 0 Å². The SMILES string of the molecule is CNC(=O)C1CC=CCC1. The second kappa shape index (κ2) is 3.40. The fourth-order valence-corrected chi connectivity index (χ4v) is 1.24. The maximum absolute atomic E-state index is 11.0. The van der Waals surface area contributed by atoms with E-state index in [0.717, 1.165) is 19.3 Å². The lowest BCUT2D eigenvalue weighted by Crippen LogP contribution is -2.27. The average Bonchev–Trinajstić information content (AvgIpc) is 2.05. The zero-order valence-electron chi connectivity index (χ0n) is 6.26. The topological polar surface area (TPSA) is 29.1 Å². The van der Waals surface area contributed by atoms with Crippen LogP contribution in [0.25, 0.3) is 0 Å². The molecular weight excluding hydrogens is 126 g/mol. The van der Waals surface area contributed by atoms with E-state index in [-0.39, 0.29) is 11.8 Å². The van der Waals surface area contributed by atoms with Crippen molar-refractivity contribution in [3.8, 4) is 0 Å². The number of carbonyl (C=O) groups is 1. The highest BCUT2D eigenvalue weighted by Crippen LogP contribution is 2.17. The Balaban J connectivity index is 2.41. The molecule has 0 aromatic heterocycles. The Bertz CT molecular complexity index is 151. The molecule has 0 radical (unpaired) electrons. The molecule has 0 heterocycles. The molecule has 2 heteroatoms. The van der Waals surface area contributed by atoms with Crippen LogP contribution in [0.3, 0.4) is 0 Å². The number of nitrogens with one attached hydrogen (secondary N) is 1. The summed E-state index contributed by atoms with van der Waals surface area (Å²) < 4.78 is 0. The van der Waals surface area contributed by atoms with Gasteiger partial charge in [0, 0.05) is 13.0 Å². The first kappa shape index (κ1) is 7.32. The van der Waals surface area contributed by atoms with Crippen molar-refractivity contribution >= 4 is 5.91 Å². The summed E-state index contributed by atoms with van der Waals surface area (Å²) in [6.45, 7) is 0. The molecule has 56 valence electrons. The molecule has 1 unspecified atom stereocenters. The highest BCUT2D eigenvalue weighted by molar-refractivity contribution is 5.78. The quantitative estimate of drug-likeness (QED) is 0.541. The third-order valence-corrected chi connectivity index (χ3v) is 1.89. The van der Waals surface area contributed by atoms with Gasteiger partial charge in [0.1, 0.15) is 0 Å². The van der Waals surface area contributed by atoms with Gasteiger partial charge in [0.25, 0.3) is 0 Å². The lowest BCUT2D eigenvalue weighted by molar-refractivity contribution is -0.124. The van der Waals surface area contributed by atoms with Crippen molar-refractivity contribution in [2.75, 3.05) is 7.05 Å². The molecule has 0 aliphatic heterocycles. The second-order valence-corrected chi connectivity index (χ2v) is 2.60. The van der Waals surface area contributed by atoms with Gasteiger partial charge < -0.3 is 5.32 Å². The number of hydrogen-bond donors (Lipinski definition) is 1. The minimum absolute atomic E-state index is 0.185. The van der Waals surface area contributed by atoms with Gasteiger partial charge in [-0.15, -0.1) is 0 Å². The Morgan fingerprint density at radius 3 is 2.90 bits per heavy atom. The van der Waals surface area contributed by atoms with Gasteiger partial charge in [0.15, 0.2) is 0 Å². The molecule has 1 rings (SSSR count). The van der Waals surface area contributed by atoms with Gasteiger partial charge in [-0.2, -0.15) is 0 Å². The van der Waals surface area contributed by atoms with Gasteiger partial charge in [-0.25, -0.2) is 0 Å². The van der Waals surface area contributed by atoms with Crippen LogP contribution in [0.5, 0.6) is 0 Å². The highest BCUT2D eigenvalue weighted by atomic mass is 16.1. The summed E-state index contributed by atoms with van der Waals surface area (Å²) >= 11 is 0. The highest BCUT2D eigenvalue weighted by Gasteiger charge is 2.16. The smallest absolute Gasteiger partial charge is 0.223 e. The fourth-order valence-electron chi connectivity index (χ4n) is 1.24. The number of hydrogen-bond acceptors (Lipinski definition) is 1. The lowest BCUT2D eigenvalue weighted by Gasteiger charge is -2.14. The molecule has 1 aliphatic rings. The molecule has 0 fully saturated rings. The predicted molar refractivity (Wildman–Crippen MR) is 40.5 cm³/mol. The summed E-state index contributed by atoms with van der Waals surface area (Å²) in [4.78, 5) is 11.0. The van der Waals surface area contributed by atoms with E-state index in [9.17, 15) is 4.79 Å². The Labute approximate surface area is 61.3 Å². The Hall–Kier alpha value is -0.790. The third kappa shape index (κ3) is 1.59. The minimum atomic E-state index is 0.185. The molecule has 0 saturated carbocycles. The molecule has 1 N–H and O–H groups in total. The molecule has 0 bridgehead atoms. The van der Waals surface area contributed by atoms with Crippen molar-refractivity contribution < 1.29 is 4.79 Å². The van der Waals surface area contributed by atoms with Gasteiger partial charge in [-0.3, -0.25) is 4.79 Å². The van der Waals surface area contributed by atoms with E-state index in [1.165, 1.54) is 0 Å². The molecule has 2 nitrogen and oxygen atoms in total. The average molecular weight is 139 g/mol. The van der Waals surface area contributed by atoms with E-state index in [4.69, 9.17) is 0 Å². The van der Waals surface area contributed by atoms with E-state index in [1.54, 1.807) is 7.05 Å². The molecule has 0 aromatic carbocycles. The van der Waals surface area contributed by atoms with Crippen LogP contribution < -0.4 is 5.32 Å². The largest absolute Gasteiger partial charge is 0.359 e. The van der Waals surface area contributed by atoms with Crippen LogP contribution in [-0.4, -0.2) is 13.0 Å². The summed E-state index contributed by atoms with van der Waals surface area (Å²) in [7, 11) is 1.70. The number of carbonyl (C=O) groups excluding carboxylic acids is 1. The van der Waals surface area contributed by atoms with Crippen molar-refractivity contribution in [3.05, 3.63) is 12.2 Å². The molecule has 1 atom stereocenters. The standard InChI is InChI=1S/C8H13NO/c1-9-8(10)7-5-3-2-4-6-7/h2-3,7H,4-6H2,1H3,(H,9,10). The first-order valence-corrected chi connectivity index (χ1v) is 3.71. The van der Waals surface area contributed by atoms with E-state index in [1.807, 2.05) is 0 Å². The summed E-state index contributed by atoms with van der Waals surface area (Å²) in [5.74, 6) is 0.416. The van der Waals surface area contributed by atoms with Crippen LogP contribution in [0.4, 0.5) is 0 Å².